The van der Waals surface area contributed by atoms with E-state index >= 15 is 0 Å². The zero-order valence-electron chi connectivity index (χ0n) is 12.0. The second-order valence-corrected chi connectivity index (χ2v) is 6.04. The predicted molar refractivity (Wildman–Crippen MR) is 83.6 cm³/mol. The fourth-order valence-corrected chi connectivity index (χ4v) is 2.50. The van der Waals surface area contributed by atoms with Crippen LogP contribution in [0.25, 0.3) is 0 Å². The van der Waals surface area contributed by atoms with Gasteiger partial charge >= 0.3 is 5.97 Å². The van der Waals surface area contributed by atoms with Crippen LogP contribution in [0.5, 0.6) is 0 Å². The summed E-state index contributed by atoms with van der Waals surface area (Å²) in [6.45, 7) is 4.13. The van der Waals surface area contributed by atoms with Crippen LogP contribution >= 0.6 is 15.9 Å². The molecule has 0 aromatic carbocycles. The van der Waals surface area contributed by atoms with E-state index in [1.165, 1.54) is 5.57 Å². The van der Waals surface area contributed by atoms with Crippen molar-refractivity contribution < 1.29 is 9.90 Å². The van der Waals surface area contributed by atoms with E-state index in [1.807, 2.05) is 24.9 Å². The molecule has 0 aromatic rings. The standard InChI is InChI=1S/C15H19BrN2O2/c1-4-9(2)11(16)7-14-17-12(15(19)20)8-13(18(14)3)10-5-6-10/h7-8,10H,4-6H2,1-3H3,(H,19,20)/b11-9+,14-7-. The molecule has 0 spiro atoms. The summed E-state index contributed by atoms with van der Waals surface area (Å²) in [6.07, 6.45) is 6.79. The normalized spacial score (nSPS) is 22.4. The van der Waals surface area contributed by atoms with Crippen molar-refractivity contribution in [1.29, 1.82) is 0 Å². The maximum absolute atomic E-state index is 11.2. The third-order valence-corrected chi connectivity index (χ3v) is 4.56. The van der Waals surface area contributed by atoms with Crippen molar-refractivity contribution in [3.05, 3.63) is 33.7 Å². The van der Waals surface area contributed by atoms with E-state index in [2.05, 4.69) is 27.8 Å². The maximum Gasteiger partial charge on any atom is 0.354 e. The van der Waals surface area contributed by atoms with Crippen LogP contribution in [-0.4, -0.2) is 28.7 Å². The van der Waals surface area contributed by atoms with Gasteiger partial charge in [0.25, 0.3) is 0 Å². The molecule has 0 aromatic heterocycles. The Morgan fingerprint density at radius 2 is 2.25 bits per heavy atom. The summed E-state index contributed by atoms with van der Waals surface area (Å²) in [4.78, 5) is 17.5. The fraction of sp³-hybridized carbons (Fsp3) is 0.467. The van der Waals surface area contributed by atoms with Gasteiger partial charge < -0.3 is 10.0 Å². The average molecular weight is 339 g/mol. The molecule has 1 fully saturated rings. The molecule has 1 aliphatic heterocycles. The number of carbonyl (C=O) groups is 1. The van der Waals surface area contributed by atoms with Gasteiger partial charge in [-0.15, -0.1) is 0 Å². The van der Waals surface area contributed by atoms with Gasteiger partial charge in [-0.1, -0.05) is 28.4 Å². The molecule has 1 N–H and O–H groups in total. The predicted octanol–water partition coefficient (Wildman–Crippen LogP) is 3.67. The third kappa shape index (κ3) is 3.20. The van der Waals surface area contributed by atoms with Crippen LogP contribution in [0, 0.1) is 5.92 Å². The second kappa shape index (κ2) is 5.95. The Balaban J connectivity index is 2.40. The molecule has 1 saturated carbocycles. The molecule has 0 unspecified atom stereocenters. The van der Waals surface area contributed by atoms with Gasteiger partial charge in [0.2, 0.25) is 0 Å². The summed E-state index contributed by atoms with van der Waals surface area (Å²) in [5, 5.41) is 9.21. The van der Waals surface area contributed by atoms with E-state index in [1.54, 1.807) is 6.08 Å². The van der Waals surface area contributed by atoms with Crippen molar-refractivity contribution in [3.8, 4) is 0 Å². The van der Waals surface area contributed by atoms with Gasteiger partial charge in [0.15, 0.2) is 5.71 Å². The minimum absolute atomic E-state index is 0.116. The lowest BCUT2D eigenvalue weighted by Gasteiger charge is -2.26. The van der Waals surface area contributed by atoms with Crippen LogP contribution in [0.3, 0.4) is 0 Å². The SMILES string of the molecule is CC/C(C)=C(Br)\C=C1\N=C(C(=O)O)C=C(C2CC2)N1C. The summed E-state index contributed by atoms with van der Waals surface area (Å²) in [7, 11) is 1.94. The van der Waals surface area contributed by atoms with Gasteiger partial charge in [0.05, 0.1) is 0 Å². The molecule has 0 saturated heterocycles. The summed E-state index contributed by atoms with van der Waals surface area (Å²) < 4.78 is 0.965. The van der Waals surface area contributed by atoms with Crippen LogP contribution in [0.2, 0.25) is 0 Å². The Kier molecular flexibility index (Phi) is 4.48. The van der Waals surface area contributed by atoms with Gasteiger partial charge in [0, 0.05) is 17.2 Å². The molecular weight excluding hydrogens is 320 g/mol. The molecule has 2 aliphatic rings. The van der Waals surface area contributed by atoms with Gasteiger partial charge in [-0.2, -0.15) is 0 Å². The first-order valence-corrected chi connectivity index (χ1v) is 7.57. The van der Waals surface area contributed by atoms with Gasteiger partial charge in [-0.25, -0.2) is 9.79 Å². The van der Waals surface area contributed by atoms with Crippen LogP contribution in [0.15, 0.2) is 38.7 Å². The molecule has 108 valence electrons. The minimum atomic E-state index is -0.977. The first-order valence-electron chi connectivity index (χ1n) is 6.78. The summed E-state index contributed by atoms with van der Waals surface area (Å²) in [5.74, 6) is 0.171. The van der Waals surface area contributed by atoms with E-state index in [0.29, 0.717) is 11.7 Å². The lowest BCUT2D eigenvalue weighted by molar-refractivity contribution is -0.129. The van der Waals surface area contributed by atoms with E-state index < -0.39 is 5.97 Å². The topological polar surface area (TPSA) is 52.9 Å². The molecule has 5 heteroatoms. The van der Waals surface area contributed by atoms with Crippen LogP contribution in [0.1, 0.15) is 33.1 Å². The monoisotopic (exact) mass is 338 g/mol. The summed E-state index contributed by atoms with van der Waals surface area (Å²) >= 11 is 3.54. The Bertz CT molecular complexity index is 554. The highest BCUT2D eigenvalue weighted by atomic mass is 79.9. The number of hydrogen-bond acceptors (Lipinski definition) is 3. The van der Waals surface area contributed by atoms with Crippen molar-refractivity contribution in [2.24, 2.45) is 10.9 Å². The largest absolute Gasteiger partial charge is 0.477 e. The quantitative estimate of drug-likeness (QED) is 0.850. The molecule has 0 bridgehead atoms. The van der Waals surface area contributed by atoms with E-state index in [9.17, 15) is 9.90 Å². The van der Waals surface area contributed by atoms with Crippen molar-refractivity contribution in [2.45, 2.75) is 33.1 Å². The Morgan fingerprint density at radius 3 is 2.75 bits per heavy atom. The number of allylic oxidation sites excluding steroid dienone is 4. The number of aliphatic carboxylic acids is 1. The highest BCUT2D eigenvalue weighted by Gasteiger charge is 2.32. The van der Waals surface area contributed by atoms with Crippen molar-refractivity contribution in [3.63, 3.8) is 0 Å². The number of carboxylic acid groups (broad SMARTS) is 1. The molecule has 20 heavy (non-hydrogen) atoms. The Morgan fingerprint density at radius 1 is 1.60 bits per heavy atom. The lowest BCUT2D eigenvalue weighted by atomic mass is 10.1. The molecular formula is C15H19BrN2O2. The second-order valence-electron chi connectivity index (χ2n) is 5.19. The van der Waals surface area contributed by atoms with Crippen LogP contribution in [0.4, 0.5) is 0 Å². The van der Waals surface area contributed by atoms with Crippen molar-refractivity contribution in [2.75, 3.05) is 7.05 Å². The molecule has 4 nitrogen and oxygen atoms in total. The van der Waals surface area contributed by atoms with Crippen molar-refractivity contribution in [1.82, 2.24) is 4.90 Å². The van der Waals surface area contributed by atoms with Crippen LogP contribution < -0.4 is 0 Å². The van der Waals surface area contributed by atoms with Gasteiger partial charge in [-0.3, -0.25) is 0 Å². The smallest absolute Gasteiger partial charge is 0.354 e. The number of halogens is 1. The fourth-order valence-electron chi connectivity index (χ4n) is 2.01. The lowest BCUT2D eigenvalue weighted by Crippen LogP contribution is -2.26. The number of rotatable bonds is 4. The molecule has 0 atom stereocenters. The number of nitrogens with zero attached hydrogens (tertiary/aromatic N) is 2. The zero-order valence-corrected chi connectivity index (χ0v) is 13.6. The van der Waals surface area contributed by atoms with Crippen LogP contribution in [-0.2, 0) is 4.79 Å². The first kappa shape index (κ1) is 15.0. The zero-order chi connectivity index (χ0) is 14.9. The maximum atomic E-state index is 11.2. The van der Waals surface area contributed by atoms with Gasteiger partial charge in [-0.05, 0) is 44.3 Å². The van der Waals surface area contributed by atoms with E-state index in [-0.39, 0.29) is 5.71 Å². The average Bonchev–Trinajstić information content (AvgIpc) is 3.24. The molecule has 0 amide bonds. The van der Waals surface area contributed by atoms with E-state index in [4.69, 9.17) is 0 Å². The molecule has 1 aliphatic carbocycles. The third-order valence-electron chi connectivity index (χ3n) is 3.66. The number of hydrogen-bond donors (Lipinski definition) is 1. The summed E-state index contributed by atoms with van der Waals surface area (Å²) in [6, 6.07) is 0. The number of aliphatic imine (C=N–C) groups is 1. The molecule has 0 radical (unpaired) electrons. The van der Waals surface area contributed by atoms with E-state index in [0.717, 1.165) is 29.4 Å². The molecule has 2 rings (SSSR count). The highest BCUT2D eigenvalue weighted by Crippen LogP contribution is 2.40. The first-order chi connectivity index (χ1) is 9.43. The highest BCUT2D eigenvalue weighted by molar-refractivity contribution is 9.11. The van der Waals surface area contributed by atoms with Crippen molar-refractivity contribution >= 4 is 27.6 Å². The Hall–Kier alpha value is -1.36. The van der Waals surface area contributed by atoms with Gasteiger partial charge in [0.1, 0.15) is 5.82 Å². The molecule has 1 heterocycles. The summed E-state index contributed by atoms with van der Waals surface area (Å²) in [5.41, 5.74) is 2.38. The minimum Gasteiger partial charge on any atom is -0.477 e. The Labute approximate surface area is 127 Å². The number of carboxylic acids is 1.